The number of alkyl halides is 1. The van der Waals surface area contributed by atoms with Gasteiger partial charge in [0.2, 0.25) is 0 Å². The molecule has 9 heavy (non-hydrogen) atoms. The predicted molar refractivity (Wildman–Crippen MR) is 42.6 cm³/mol. The van der Waals surface area contributed by atoms with E-state index in [1.165, 1.54) is 0 Å². The van der Waals surface area contributed by atoms with E-state index >= 15 is 0 Å². The van der Waals surface area contributed by atoms with Crippen molar-refractivity contribution in [1.82, 2.24) is 5.32 Å². The van der Waals surface area contributed by atoms with Crippen molar-refractivity contribution in [2.75, 3.05) is 19.8 Å². The number of nitrogens with one attached hydrogen (secondary N) is 1. The molecular formula is C5H10INO2. The minimum absolute atomic E-state index is 0.124. The third-order valence-corrected chi connectivity index (χ3v) is 2.53. The van der Waals surface area contributed by atoms with E-state index in [1.807, 2.05) is 0 Å². The average Bonchev–Trinajstić information content (AvgIpc) is 1.89. The van der Waals surface area contributed by atoms with E-state index in [1.54, 1.807) is 0 Å². The summed E-state index contributed by atoms with van der Waals surface area (Å²) in [5.74, 6) is 0. The van der Waals surface area contributed by atoms with Crippen molar-refractivity contribution < 1.29 is 9.84 Å². The summed E-state index contributed by atoms with van der Waals surface area (Å²) in [6.07, 6.45) is 0. The highest BCUT2D eigenvalue weighted by molar-refractivity contribution is 14.1. The normalized spacial score (nSPS) is 36.7. The Kier molecular flexibility index (Phi) is 3.17. The van der Waals surface area contributed by atoms with Gasteiger partial charge in [-0.25, -0.2) is 0 Å². The number of hydrogen-bond acceptors (Lipinski definition) is 3. The van der Waals surface area contributed by atoms with Crippen molar-refractivity contribution in [3.8, 4) is 0 Å². The Bertz CT molecular complexity index is 91.0. The maximum absolute atomic E-state index is 8.71. The fourth-order valence-corrected chi connectivity index (χ4v) is 1.51. The first-order valence-electron chi connectivity index (χ1n) is 2.94. The molecule has 1 rings (SSSR count). The highest BCUT2D eigenvalue weighted by Gasteiger charge is 2.21. The monoisotopic (exact) mass is 243 g/mol. The summed E-state index contributed by atoms with van der Waals surface area (Å²) in [5.41, 5.74) is 0. The quantitative estimate of drug-likeness (QED) is 0.492. The van der Waals surface area contributed by atoms with E-state index in [0.29, 0.717) is 0 Å². The van der Waals surface area contributed by atoms with Crippen LogP contribution in [-0.2, 0) is 4.74 Å². The number of hydrogen-bond donors (Lipinski definition) is 2. The molecule has 1 aliphatic rings. The molecule has 0 radical (unpaired) electrons. The zero-order valence-electron chi connectivity index (χ0n) is 5.01. The summed E-state index contributed by atoms with van der Waals surface area (Å²) in [6, 6.07) is 0.124. The largest absolute Gasteiger partial charge is 0.395 e. The Morgan fingerprint density at radius 2 is 2.56 bits per heavy atom. The van der Waals surface area contributed by atoms with Crippen molar-refractivity contribution in [3.63, 3.8) is 0 Å². The Morgan fingerprint density at radius 1 is 1.78 bits per heavy atom. The summed E-state index contributed by atoms with van der Waals surface area (Å²) in [5, 5.41) is 11.9. The Hall–Kier alpha value is 0.610. The first-order chi connectivity index (χ1) is 4.34. The third kappa shape index (κ3) is 2.03. The lowest BCUT2D eigenvalue weighted by atomic mass is 10.3. The molecule has 1 fully saturated rings. The van der Waals surface area contributed by atoms with Crippen LogP contribution < -0.4 is 5.32 Å². The van der Waals surface area contributed by atoms with E-state index in [4.69, 9.17) is 9.84 Å². The van der Waals surface area contributed by atoms with Crippen molar-refractivity contribution in [1.29, 1.82) is 0 Å². The molecule has 0 spiro atoms. The van der Waals surface area contributed by atoms with Gasteiger partial charge >= 0.3 is 0 Å². The predicted octanol–water partition coefficient (Wildman–Crippen LogP) is -0.272. The molecule has 2 unspecified atom stereocenters. The summed E-state index contributed by atoms with van der Waals surface area (Å²) >= 11 is 2.17. The maximum atomic E-state index is 8.71. The van der Waals surface area contributed by atoms with E-state index in [9.17, 15) is 0 Å². The van der Waals surface area contributed by atoms with Gasteiger partial charge in [0.15, 0.2) is 0 Å². The first-order valence-corrected chi connectivity index (χ1v) is 4.19. The topological polar surface area (TPSA) is 41.5 Å². The van der Waals surface area contributed by atoms with Gasteiger partial charge < -0.3 is 15.2 Å². The molecule has 0 aromatic heterocycles. The SMILES string of the molecule is OCC1NCCOC1I. The van der Waals surface area contributed by atoms with Gasteiger partial charge in [0, 0.05) is 6.54 Å². The van der Waals surface area contributed by atoms with Gasteiger partial charge in [-0.2, -0.15) is 0 Å². The molecule has 4 heteroatoms. The van der Waals surface area contributed by atoms with Gasteiger partial charge in [-0.05, 0) is 22.6 Å². The summed E-state index contributed by atoms with van der Waals surface area (Å²) in [4.78, 5) is 0. The van der Waals surface area contributed by atoms with Gasteiger partial charge in [0.05, 0.1) is 19.3 Å². The van der Waals surface area contributed by atoms with E-state index in [-0.39, 0.29) is 16.8 Å². The van der Waals surface area contributed by atoms with Gasteiger partial charge in [0.1, 0.15) is 4.11 Å². The highest BCUT2D eigenvalue weighted by atomic mass is 127. The number of ether oxygens (including phenoxy) is 1. The fraction of sp³-hybridized carbons (Fsp3) is 1.00. The van der Waals surface area contributed by atoms with Crippen molar-refractivity contribution in [2.45, 2.75) is 10.2 Å². The molecule has 1 heterocycles. The van der Waals surface area contributed by atoms with Gasteiger partial charge in [-0.15, -0.1) is 0 Å². The number of aliphatic hydroxyl groups excluding tert-OH is 1. The van der Waals surface area contributed by atoms with Crippen molar-refractivity contribution in [2.24, 2.45) is 0 Å². The Labute approximate surface area is 67.9 Å². The molecule has 3 nitrogen and oxygen atoms in total. The molecule has 0 amide bonds. The molecule has 0 aromatic rings. The molecule has 2 N–H and O–H groups in total. The van der Waals surface area contributed by atoms with E-state index < -0.39 is 0 Å². The van der Waals surface area contributed by atoms with Crippen LogP contribution in [0.5, 0.6) is 0 Å². The molecule has 0 aliphatic carbocycles. The molecule has 1 saturated heterocycles. The zero-order chi connectivity index (χ0) is 6.69. The number of halogens is 1. The fourth-order valence-electron chi connectivity index (χ4n) is 0.772. The smallest absolute Gasteiger partial charge is 0.126 e. The minimum atomic E-state index is 0.124. The maximum Gasteiger partial charge on any atom is 0.126 e. The molecular weight excluding hydrogens is 233 g/mol. The average molecular weight is 243 g/mol. The third-order valence-electron chi connectivity index (χ3n) is 1.30. The minimum Gasteiger partial charge on any atom is -0.395 e. The summed E-state index contributed by atoms with van der Waals surface area (Å²) < 4.78 is 5.37. The zero-order valence-corrected chi connectivity index (χ0v) is 7.17. The molecule has 0 bridgehead atoms. The number of morpholine rings is 1. The second-order valence-corrected chi connectivity index (χ2v) is 3.19. The highest BCUT2D eigenvalue weighted by Crippen LogP contribution is 2.10. The lowest BCUT2D eigenvalue weighted by Gasteiger charge is -2.27. The molecule has 2 atom stereocenters. The van der Waals surface area contributed by atoms with Gasteiger partial charge in [-0.1, -0.05) is 0 Å². The summed E-state index contributed by atoms with van der Waals surface area (Å²) in [6.45, 7) is 1.77. The Balaban J connectivity index is 2.30. The van der Waals surface area contributed by atoms with Gasteiger partial charge in [0.25, 0.3) is 0 Å². The van der Waals surface area contributed by atoms with Crippen LogP contribution in [0.4, 0.5) is 0 Å². The van der Waals surface area contributed by atoms with Crippen molar-refractivity contribution in [3.05, 3.63) is 0 Å². The van der Waals surface area contributed by atoms with Crippen LogP contribution in [0.1, 0.15) is 0 Å². The lowest BCUT2D eigenvalue weighted by Crippen LogP contribution is -2.47. The van der Waals surface area contributed by atoms with E-state index in [0.717, 1.165) is 13.2 Å². The second kappa shape index (κ2) is 3.70. The Morgan fingerprint density at radius 3 is 3.00 bits per heavy atom. The van der Waals surface area contributed by atoms with Crippen LogP contribution >= 0.6 is 22.6 Å². The lowest BCUT2D eigenvalue weighted by molar-refractivity contribution is 0.0425. The number of rotatable bonds is 1. The van der Waals surface area contributed by atoms with Crippen LogP contribution in [-0.4, -0.2) is 35.0 Å². The molecule has 0 saturated carbocycles. The molecule has 1 aliphatic heterocycles. The van der Waals surface area contributed by atoms with E-state index in [2.05, 4.69) is 27.9 Å². The summed E-state index contributed by atoms with van der Waals surface area (Å²) in [7, 11) is 0. The van der Waals surface area contributed by atoms with Crippen LogP contribution in [0.25, 0.3) is 0 Å². The molecule has 0 aromatic carbocycles. The second-order valence-electron chi connectivity index (χ2n) is 1.97. The van der Waals surface area contributed by atoms with Crippen LogP contribution in [0.15, 0.2) is 0 Å². The van der Waals surface area contributed by atoms with Crippen molar-refractivity contribution >= 4 is 22.6 Å². The first kappa shape index (κ1) is 7.71. The number of aliphatic hydroxyl groups is 1. The van der Waals surface area contributed by atoms with Gasteiger partial charge in [-0.3, -0.25) is 0 Å². The van der Waals surface area contributed by atoms with Crippen LogP contribution in [0.2, 0.25) is 0 Å². The van der Waals surface area contributed by atoms with Crippen LogP contribution in [0.3, 0.4) is 0 Å². The molecule has 54 valence electrons. The standard InChI is InChI=1S/C5H10INO2/c6-5-4(3-8)7-1-2-9-5/h4-5,7-8H,1-3H2. The van der Waals surface area contributed by atoms with Crippen LogP contribution in [0, 0.1) is 0 Å².